The standard InChI is InChI=1S/C10H16O2/c1-7(11)8-6-9(2)4-5-10(8,3)12-9/h8H,4-6H2,1-3H3/t8-,9-,10+/m0/s1. The van der Waals surface area contributed by atoms with Crippen LogP contribution in [0.3, 0.4) is 0 Å². The fourth-order valence-electron chi connectivity index (χ4n) is 2.79. The van der Waals surface area contributed by atoms with Crippen LogP contribution in [0.1, 0.15) is 40.0 Å². The zero-order valence-corrected chi connectivity index (χ0v) is 8.02. The average Bonchev–Trinajstić information content (AvgIpc) is 2.36. The Labute approximate surface area is 73.3 Å². The van der Waals surface area contributed by atoms with Gasteiger partial charge in [0.25, 0.3) is 0 Å². The fourth-order valence-corrected chi connectivity index (χ4v) is 2.79. The molecule has 0 aromatic carbocycles. The van der Waals surface area contributed by atoms with Crippen molar-refractivity contribution in [3.63, 3.8) is 0 Å². The molecular weight excluding hydrogens is 152 g/mol. The third-order valence-electron chi connectivity index (χ3n) is 3.49. The first kappa shape index (κ1) is 8.24. The lowest BCUT2D eigenvalue weighted by molar-refractivity contribution is -0.125. The Bertz CT molecular complexity index is 236. The fraction of sp³-hybridized carbons (Fsp3) is 0.900. The molecule has 2 heterocycles. The van der Waals surface area contributed by atoms with Gasteiger partial charge in [0.05, 0.1) is 11.2 Å². The molecule has 0 aromatic heterocycles. The molecule has 0 saturated carbocycles. The minimum absolute atomic E-state index is 0.00505. The number of fused-ring (bicyclic) bond motifs is 2. The summed E-state index contributed by atoms with van der Waals surface area (Å²) in [6, 6.07) is 0. The van der Waals surface area contributed by atoms with E-state index in [2.05, 4.69) is 13.8 Å². The van der Waals surface area contributed by atoms with Crippen molar-refractivity contribution in [2.24, 2.45) is 5.92 Å². The lowest BCUT2D eigenvalue weighted by atomic mass is 9.74. The van der Waals surface area contributed by atoms with Crippen LogP contribution in [0.2, 0.25) is 0 Å². The van der Waals surface area contributed by atoms with Crippen LogP contribution < -0.4 is 0 Å². The first-order valence-electron chi connectivity index (χ1n) is 4.66. The summed E-state index contributed by atoms with van der Waals surface area (Å²) in [5.74, 6) is 0.442. The zero-order chi connectivity index (χ0) is 8.98. The van der Waals surface area contributed by atoms with Gasteiger partial charge in [-0.15, -0.1) is 0 Å². The number of carbonyl (C=O) groups excluding carboxylic acids is 1. The molecular formula is C10H16O2. The molecule has 0 spiro atoms. The monoisotopic (exact) mass is 168 g/mol. The van der Waals surface area contributed by atoms with E-state index >= 15 is 0 Å². The number of hydrogen-bond acceptors (Lipinski definition) is 2. The average molecular weight is 168 g/mol. The van der Waals surface area contributed by atoms with Gasteiger partial charge in [-0.2, -0.15) is 0 Å². The molecule has 0 radical (unpaired) electrons. The maximum atomic E-state index is 11.3. The molecule has 0 aliphatic carbocycles. The predicted molar refractivity (Wildman–Crippen MR) is 45.9 cm³/mol. The van der Waals surface area contributed by atoms with Gasteiger partial charge in [-0.05, 0) is 40.0 Å². The van der Waals surface area contributed by atoms with E-state index in [-0.39, 0.29) is 17.1 Å². The number of ketones is 1. The molecule has 0 N–H and O–H groups in total. The van der Waals surface area contributed by atoms with Gasteiger partial charge in [-0.3, -0.25) is 4.79 Å². The summed E-state index contributed by atoms with van der Waals surface area (Å²) < 4.78 is 5.90. The van der Waals surface area contributed by atoms with E-state index in [4.69, 9.17) is 4.74 Å². The highest BCUT2D eigenvalue weighted by molar-refractivity contribution is 5.80. The number of carbonyl (C=O) groups is 1. The topological polar surface area (TPSA) is 26.3 Å². The summed E-state index contributed by atoms with van der Waals surface area (Å²) in [5.41, 5.74) is -0.133. The summed E-state index contributed by atoms with van der Waals surface area (Å²) in [6.45, 7) is 5.89. The Balaban J connectivity index is 2.28. The van der Waals surface area contributed by atoms with Crippen molar-refractivity contribution in [2.75, 3.05) is 0 Å². The highest BCUT2D eigenvalue weighted by atomic mass is 16.5. The van der Waals surface area contributed by atoms with Gasteiger partial charge < -0.3 is 4.74 Å². The van der Waals surface area contributed by atoms with Crippen LogP contribution in [-0.4, -0.2) is 17.0 Å². The van der Waals surface area contributed by atoms with Crippen molar-refractivity contribution in [1.82, 2.24) is 0 Å². The maximum absolute atomic E-state index is 11.3. The molecule has 2 fully saturated rings. The van der Waals surface area contributed by atoms with E-state index < -0.39 is 0 Å². The molecule has 12 heavy (non-hydrogen) atoms. The minimum Gasteiger partial charge on any atom is -0.368 e. The van der Waals surface area contributed by atoms with E-state index in [1.807, 2.05) is 0 Å². The second kappa shape index (κ2) is 2.11. The van der Waals surface area contributed by atoms with Crippen molar-refractivity contribution in [3.05, 3.63) is 0 Å². The number of Topliss-reactive ketones (excluding diaryl/α,β-unsaturated/α-hetero) is 1. The molecule has 2 aliphatic rings. The van der Waals surface area contributed by atoms with Gasteiger partial charge in [0, 0.05) is 5.92 Å². The first-order chi connectivity index (χ1) is 5.45. The molecule has 2 bridgehead atoms. The normalized spacial score (nSPS) is 51.4. The van der Waals surface area contributed by atoms with Crippen molar-refractivity contribution < 1.29 is 9.53 Å². The summed E-state index contributed by atoms with van der Waals surface area (Å²) in [7, 11) is 0. The van der Waals surface area contributed by atoms with E-state index in [0.29, 0.717) is 5.78 Å². The maximum Gasteiger partial charge on any atom is 0.135 e. The molecule has 0 aromatic rings. The molecule has 68 valence electrons. The predicted octanol–water partition coefficient (Wildman–Crippen LogP) is 1.92. The van der Waals surface area contributed by atoms with E-state index in [9.17, 15) is 4.79 Å². The minimum atomic E-state index is -0.138. The Hall–Kier alpha value is -0.370. The van der Waals surface area contributed by atoms with Gasteiger partial charge in [0.1, 0.15) is 5.78 Å². The number of rotatable bonds is 1. The van der Waals surface area contributed by atoms with Gasteiger partial charge in [-0.1, -0.05) is 0 Å². The van der Waals surface area contributed by atoms with Gasteiger partial charge in [0.2, 0.25) is 0 Å². The summed E-state index contributed by atoms with van der Waals surface area (Å²) in [5, 5.41) is 0. The first-order valence-corrected chi connectivity index (χ1v) is 4.66. The Morgan fingerprint density at radius 2 is 2.08 bits per heavy atom. The SMILES string of the molecule is CC(=O)[C@@H]1C[C@]2(C)CC[C@@]1(C)O2. The molecule has 2 nitrogen and oxygen atoms in total. The highest BCUT2D eigenvalue weighted by Crippen LogP contribution is 2.53. The van der Waals surface area contributed by atoms with Gasteiger partial charge in [-0.25, -0.2) is 0 Å². The molecule has 2 rings (SSSR count). The summed E-state index contributed by atoms with van der Waals surface area (Å²) in [4.78, 5) is 11.3. The van der Waals surface area contributed by atoms with E-state index in [1.54, 1.807) is 6.92 Å². The van der Waals surface area contributed by atoms with Crippen molar-refractivity contribution in [3.8, 4) is 0 Å². The van der Waals surface area contributed by atoms with Crippen molar-refractivity contribution in [1.29, 1.82) is 0 Å². The Kier molecular flexibility index (Phi) is 1.45. The zero-order valence-electron chi connectivity index (χ0n) is 8.02. The van der Waals surface area contributed by atoms with Crippen LogP contribution in [0.25, 0.3) is 0 Å². The van der Waals surface area contributed by atoms with Crippen molar-refractivity contribution in [2.45, 2.75) is 51.2 Å². The lowest BCUT2D eigenvalue weighted by Gasteiger charge is -2.26. The Morgan fingerprint density at radius 1 is 1.42 bits per heavy atom. The molecule has 2 aliphatic heterocycles. The molecule has 2 heteroatoms. The quantitative estimate of drug-likeness (QED) is 0.598. The van der Waals surface area contributed by atoms with Crippen LogP contribution in [-0.2, 0) is 9.53 Å². The van der Waals surface area contributed by atoms with Crippen LogP contribution in [0.5, 0.6) is 0 Å². The lowest BCUT2D eigenvalue weighted by Crippen LogP contribution is -2.34. The van der Waals surface area contributed by atoms with E-state index in [1.165, 1.54) is 0 Å². The smallest absolute Gasteiger partial charge is 0.135 e. The number of hydrogen-bond donors (Lipinski definition) is 0. The third kappa shape index (κ3) is 0.939. The molecule has 3 atom stereocenters. The van der Waals surface area contributed by atoms with Crippen LogP contribution in [0.15, 0.2) is 0 Å². The van der Waals surface area contributed by atoms with Crippen LogP contribution >= 0.6 is 0 Å². The second-order valence-electron chi connectivity index (χ2n) is 4.73. The molecule has 0 amide bonds. The highest BCUT2D eigenvalue weighted by Gasteiger charge is 2.57. The van der Waals surface area contributed by atoms with Crippen LogP contribution in [0.4, 0.5) is 0 Å². The summed E-state index contributed by atoms with van der Waals surface area (Å²) >= 11 is 0. The van der Waals surface area contributed by atoms with Crippen molar-refractivity contribution >= 4 is 5.78 Å². The largest absolute Gasteiger partial charge is 0.368 e. The van der Waals surface area contributed by atoms with Gasteiger partial charge >= 0.3 is 0 Å². The second-order valence-corrected chi connectivity index (χ2v) is 4.73. The summed E-state index contributed by atoms with van der Waals surface area (Å²) in [6.07, 6.45) is 3.10. The Morgan fingerprint density at radius 3 is 2.33 bits per heavy atom. The third-order valence-corrected chi connectivity index (χ3v) is 3.49. The van der Waals surface area contributed by atoms with E-state index in [0.717, 1.165) is 19.3 Å². The van der Waals surface area contributed by atoms with Gasteiger partial charge in [0.15, 0.2) is 0 Å². The van der Waals surface area contributed by atoms with Crippen LogP contribution in [0, 0.1) is 5.92 Å². The molecule has 0 unspecified atom stereocenters. The molecule has 2 saturated heterocycles. The number of ether oxygens (including phenoxy) is 1.